The second-order valence-electron chi connectivity index (χ2n) is 3.42. The smallest absolute Gasteiger partial charge is 0.320 e. The zero-order valence-electron chi connectivity index (χ0n) is 9.27. The van der Waals surface area contributed by atoms with Gasteiger partial charge in [0, 0.05) is 14.2 Å². The van der Waals surface area contributed by atoms with Crippen molar-refractivity contribution in [2.45, 2.75) is 18.9 Å². The molecule has 1 rings (SSSR count). The zero-order valence-corrected chi connectivity index (χ0v) is 10.4. The van der Waals surface area contributed by atoms with Crippen LogP contribution in [0.1, 0.15) is 12.0 Å². The predicted octanol–water partition coefficient (Wildman–Crippen LogP) is 1.84. The maximum atomic E-state index is 9.54. The molecule has 0 saturated heterocycles. The molecule has 0 aromatic heterocycles. The highest BCUT2D eigenvalue weighted by atomic mass is 28.3. The van der Waals surface area contributed by atoms with Crippen molar-refractivity contribution in [3.05, 3.63) is 29.8 Å². The summed E-state index contributed by atoms with van der Waals surface area (Å²) in [6.45, 7) is 0. The minimum atomic E-state index is -1.43. The maximum absolute atomic E-state index is 9.54. The molecular weight excluding hydrogens is 208 g/mol. The quantitative estimate of drug-likeness (QED) is 0.752. The van der Waals surface area contributed by atoms with Crippen LogP contribution < -0.4 is 0 Å². The molecule has 0 bridgehead atoms. The third-order valence-corrected chi connectivity index (χ3v) is 4.33. The van der Waals surface area contributed by atoms with Gasteiger partial charge in [0.2, 0.25) is 0 Å². The van der Waals surface area contributed by atoms with Gasteiger partial charge in [0.25, 0.3) is 0 Å². The molecule has 0 atom stereocenters. The second-order valence-corrected chi connectivity index (χ2v) is 5.80. The molecule has 0 aliphatic rings. The molecule has 3 nitrogen and oxygen atoms in total. The lowest BCUT2D eigenvalue weighted by Crippen LogP contribution is -2.18. The second kappa shape index (κ2) is 6.61. The van der Waals surface area contributed by atoms with E-state index in [0.717, 1.165) is 24.4 Å². The van der Waals surface area contributed by atoms with Crippen LogP contribution in [0.15, 0.2) is 24.3 Å². The summed E-state index contributed by atoms with van der Waals surface area (Å²) in [5.41, 5.74) is 0.998. The number of aryl methyl sites for hydroxylation is 1. The first-order chi connectivity index (χ1) is 7.27. The summed E-state index contributed by atoms with van der Waals surface area (Å²) in [6.07, 6.45) is 1.87. The normalized spacial score (nSPS) is 10.9. The summed E-state index contributed by atoms with van der Waals surface area (Å²) >= 11 is 0. The van der Waals surface area contributed by atoms with Gasteiger partial charge in [-0.05, 0) is 30.5 Å². The Labute approximate surface area is 92.5 Å². The molecule has 84 valence electrons. The molecule has 0 spiro atoms. The molecule has 0 aliphatic heterocycles. The van der Waals surface area contributed by atoms with Gasteiger partial charge in [0.05, 0.1) is 0 Å². The summed E-state index contributed by atoms with van der Waals surface area (Å²) in [7, 11) is 1.96. The van der Waals surface area contributed by atoms with E-state index in [1.807, 2.05) is 18.2 Å². The topological polar surface area (TPSA) is 38.7 Å². The van der Waals surface area contributed by atoms with Gasteiger partial charge in [0.15, 0.2) is 0 Å². The number of aromatic hydroxyl groups is 1. The number of rotatable bonds is 6. The molecule has 0 heterocycles. The number of para-hydroxylation sites is 1. The number of benzene rings is 1. The van der Waals surface area contributed by atoms with Crippen molar-refractivity contribution in [3.63, 3.8) is 0 Å². The first kappa shape index (κ1) is 12.2. The summed E-state index contributed by atoms with van der Waals surface area (Å²) < 4.78 is 10.4. The Bertz CT molecular complexity index is 287. The van der Waals surface area contributed by atoms with Gasteiger partial charge in [-0.25, -0.2) is 0 Å². The van der Waals surface area contributed by atoms with E-state index in [9.17, 15) is 5.11 Å². The Morgan fingerprint density at radius 3 is 2.47 bits per heavy atom. The lowest BCUT2D eigenvalue weighted by atomic mass is 10.1. The van der Waals surface area contributed by atoms with Crippen LogP contribution in [0.3, 0.4) is 0 Å². The monoisotopic (exact) mass is 226 g/mol. The molecule has 1 aromatic rings. The minimum Gasteiger partial charge on any atom is -0.508 e. The minimum absolute atomic E-state index is 0.380. The highest BCUT2D eigenvalue weighted by molar-refractivity contribution is 6.44. The lowest BCUT2D eigenvalue weighted by molar-refractivity contribution is 0.276. The summed E-state index contributed by atoms with van der Waals surface area (Å²) in [5.74, 6) is 0.380. The Morgan fingerprint density at radius 1 is 1.20 bits per heavy atom. The average molecular weight is 226 g/mol. The van der Waals surface area contributed by atoms with Crippen molar-refractivity contribution in [2.75, 3.05) is 14.2 Å². The van der Waals surface area contributed by atoms with Crippen LogP contribution in [-0.4, -0.2) is 28.6 Å². The fraction of sp³-hybridized carbons (Fsp3) is 0.455. The predicted molar refractivity (Wildman–Crippen MR) is 62.4 cm³/mol. The van der Waals surface area contributed by atoms with E-state index in [4.69, 9.17) is 8.85 Å². The van der Waals surface area contributed by atoms with Crippen LogP contribution in [-0.2, 0) is 15.3 Å². The molecule has 15 heavy (non-hydrogen) atoms. The van der Waals surface area contributed by atoms with Crippen LogP contribution in [0.4, 0.5) is 0 Å². The number of hydrogen-bond acceptors (Lipinski definition) is 3. The third-order valence-electron chi connectivity index (χ3n) is 2.40. The van der Waals surface area contributed by atoms with Crippen LogP contribution in [0.2, 0.25) is 6.04 Å². The fourth-order valence-corrected chi connectivity index (χ4v) is 2.71. The SMILES string of the molecule is CO[SiH](CCCc1ccccc1O)OC. The molecule has 0 aliphatic carbocycles. The molecule has 0 amide bonds. The maximum Gasteiger partial charge on any atom is 0.320 e. The van der Waals surface area contributed by atoms with Crippen molar-refractivity contribution in [3.8, 4) is 5.75 Å². The van der Waals surface area contributed by atoms with Gasteiger partial charge < -0.3 is 14.0 Å². The number of hydrogen-bond donors (Lipinski definition) is 1. The van der Waals surface area contributed by atoms with E-state index >= 15 is 0 Å². The van der Waals surface area contributed by atoms with Crippen molar-refractivity contribution >= 4 is 9.28 Å². The van der Waals surface area contributed by atoms with E-state index < -0.39 is 9.28 Å². The Balaban J connectivity index is 2.34. The highest BCUT2D eigenvalue weighted by Crippen LogP contribution is 2.18. The van der Waals surface area contributed by atoms with Crippen LogP contribution in [0.25, 0.3) is 0 Å². The first-order valence-electron chi connectivity index (χ1n) is 5.10. The van der Waals surface area contributed by atoms with Gasteiger partial charge in [-0.15, -0.1) is 0 Å². The van der Waals surface area contributed by atoms with E-state index in [1.165, 1.54) is 0 Å². The van der Waals surface area contributed by atoms with E-state index in [-0.39, 0.29) is 0 Å². The number of phenolic OH excluding ortho intramolecular Hbond substituents is 1. The van der Waals surface area contributed by atoms with Gasteiger partial charge in [-0.2, -0.15) is 0 Å². The number of phenols is 1. The fourth-order valence-electron chi connectivity index (χ4n) is 1.51. The van der Waals surface area contributed by atoms with Gasteiger partial charge in [0.1, 0.15) is 5.75 Å². The molecule has 0 radical (unpaired) electrons. The molecule has 1 aromatic carbocycles. The van der Waals surface area contributed by atoms with Gasteiger partial charge in [-0.1, -0.05) is 18.2 Å². The largest absolute Gasteiger partial charge is 0.508 e. The average Bonchev–Trinajstić information content (AvgIpc) is 2.27. The zero-order chi connectivity index (χ0) is 11.1. The summed E-state index contributed by atoms with van der Waals surface area (Å²) in [5, 5.41) is 9.54. The molecule has 0 saturated carbocycles. The molecule has 4 heteroatoms. The van der Waals surface area contributed by atoms with E-state index in [1.54, 1.807) is 20.3 Å². The van der Waals surface area contributed by atoms with Crippen molar-refractivity contribution in [2.24, 2.45) is 0 Å². The van der Waals surface area contributed by atoms with Crippen LogP contribution in [0, 0.1) is 0 Å². The molecule has 0 unspecified atom stereocenters. The standard InChI is InChI=1S/C11H18O3Si/c1-13-15(14-2)9-5-7-10-6-3-4-8-11(10)12/h3-4,6,8,12,15H,5,7,9H2,1-2H3. The Morgan fingerprint density at radius 2 is 1.87 bits per heavy atom. The molecular formula is C11H18O3Si. The molecule has 0 fully saturated rings. The first-order valence-corrected chi connectivity index (χ1v) is 6.86. The third kappa shape index (κ3) is 4.03. The Hall–Kier alpha value is -0.843. The van der Waals surface area contributed by atoms with Gasteiger partial charge in [-0.3, -0.25) is 0 Å². The highest BCUT2D eigenvalue weighted by Gasteiger charge is 2.09. The molecule has 1 N–H and O–H groups in total. The van der Waals surface area contributed by atoms with Crippen molar-refractivity contribution < 1.29 is 14.0 Å². The van der Waals surface area contributed by atoms with Gasteiger partial charge >= 0.3 is 9.28 Å². The van der Waals surface area contributed by atoms with E-state index in [2.05, 4.69) is 0 Å². The van der Waals surface area contributed by atoms with Crippen molar-refractivity contribution in [1.82, 2.24) is 0 Å². The van der Waals surface area contributed by atoms with E-state index in [0.29, 0.717) is 5.75 Å². The summed E-state index contributed by atoms with van der Waals surface area (Å²) in [4.78, 5) is 0. The van der Waals surface area contributed by atoms with Crippen molar-refractivity contribution in [1.29, 1.82) is 0 Å². The Kier molecular flexibility index (Phi) is 5.38. The van der Waals surface area contributed by atoms with Crippen LogP contribution >= 0.6 is 0 Å². The summed E-state index contributed by atoms with van der Waals surface area (Å²) in [6, 6.07) is 8.42. The lowest BCUT2D eigenvalue weighted by Gasteiger charge is -2.10. The van der Waals surface area contributed by atoms with Crippen LogP contribution in [0.5, 0.6) is 5.75 Å².